The van der Waals surface area contributed by atoms with E-state index in [-0.39, 0.29) is 11.4 Å². The van der Waals surface area contributed by atoms with Crippen LogP contribution in [0.25, 0.3) is 11.3 Å². The number of alkyl halides is 3. The van der Waals surface area contributed by atoms with Gasteiger partial charge in [0, 0.05) is 31.5 Å². The maximum Gasteiger partial charge on any atom is 0.416 e. The van der Waals surface area contributed by atoms with Crippen molar-refractivity contribution in [2.45, 2.75) is 17.6 Å². The first-order valence-corrected chi connectivity index (χ1v) is 9.24. The molecule has 6 nitrogen and oxygen atoms in total. The van der Waals surface area contributed by atoms with Crippen LogP contribution in [-0.2, 0) is 29.8 Å². The van der Waals surface area contributed by atoms with Crippen molar-refractivity contribution >= 4 is 10.0 Å². The Labute approximate surface area is 153 Å². The molecule has 142 valence electrons. The van der Waals surface area contributed by atoms with E-state index >= 15 is 0 Å². The minimum atomic E-state index is -4.52. The zero-order chi connectivity index (χ0) is 19.7. The number of nitrogens with one attached hydrogen (secondary N) is 1. The van der Waals surface area contributed by atoms with E-state index < -0.39 is 21.8 Å². The maximum absolute atomic E-state index is 12.6. The molecule has 0 aliphatic heterocycles. The van der Waals surface area contributed by atoms with E-state index in [4.69, 9.17) is 0 Å². The van der Waals surface area contributed by atoms with Crippen LogP contribution in [0.2, 0.25) is 0 Å². The summed E-state index contributed by atoms with van der Waals surface area (Å²) in [7, 11) is -2.15. The van der Waals surface area contributed by atoms with E-state index in [1.54, 1.807) is 36.3 Å². The molecule has 10 heteroatoms. The lowest BCUT2D eigenvalue weighted by molar-refractivity contribution is -0.137. The van der Waals surface area contributed by atoms with Gasteiger partial charge in [0.25, 0.3) is 0 Å². The first-order valence-electron chi connectivity index (χ1n) is 7.76. The first-order chi connectivity index (χ1) is 12.6. The molecule has 0 aliphatic rings. The van der Waals surface area contributed by atoms with E-state index in [2.05, 4.69) is 14.8 Å². The predicted octanol–water partition coefficient (Wildman–Crippen LogP) is 2.98. The van der Waals surface area contributed by atoms with Crippen LogP contribution in [0.5, 0.6) is 0 Å². The quantitative estimate of drug-likeness (QED) is 0.719. The summed E-state index contributed by atoms with van der Waals surface area (Å²) in [6.45, 7) is -0.0380. The van der Waals surface area contributed by atoms with Crippen LogP contribution in [0.4, 0.5) is 13.2 Å². The highest BCUT2D eigenvalue weighted by molar-refractivity contribution is 7.89. The molecule has 2 aromatic heterocycles. The molecule has 0 saturated heterocycles. The molecule has 0 atom stereocenters. The van der Waals surface area contributed by atoms with Gasteiger partial charge in [0.15, 0.2) is 0 Å². The predicted molar refractivity (Wildman–Crippen MR) is 91.9 cm³/mol. The van der Waals surface area contributed by atoms with E-state index in [1.807, 2.05) is 0 Å². The minimum Gasteiger partial charge on any atom is -0.275 e. The van der Waals surface area contributed by atoms with Crippen LogP contribution in [-0.4, -0.2) is 23.2 Å². The first kappa shape index (κ1) is 19.1. The zero-order valence-electron chi connectivity index (χ0n) is 14.1. The summed E-state index contributed by atoms with van der Waals surface area (Å²) >= 11 is 0. The summed E-state index contributed by atoms with van der Waals surface area (Å²) in [6.07, 6.45) is 0.472. The molecule has 27 heavy (non-hydrogen) atoms. The Morgan fingerprint density at radius 1 is 1.07 bits per heavy atom. The standard InChI is InChI=1S/C17H15F3N4O2S/c1-24-11-13(10-22-24)16-7-2-12(8-21-16)9-23-27(25,26)15-5-3-14(4-6-15)17(18,19)20/h2-8,10-11,23H,9H2,1H3. The number of aryl methyl sites for hydroxylation is 1. The van der Waals surface area contributed by atoms with Crippen molar-refractivity contribution in [3.63, 3.8) is 0 Å². The molecule has 0 bridgehead atoms. The third-order valence-electron chi connectivity index (χ3n) is 3.78. The van der Waals surface area contributed by atoms with Crippen molar-refractivity contribution in [2.75, 3.05) is 0 Å². The third-order valence-corrected chi connectivity index (χ3v) is 5.20. The van der Waals surface area contributed by atoms with Crippen LogP contribution in [0.1, 0.15) is 11.1 Å². The van der Waals surface area contributed by atoms with Gasteiger partial charge in [0.05, 0.1) is 22.3 Å². The Morgan fingerprint density at radius 2 is 1.78 bits per heavy atom. The Bertz CT molecular complexity index is 1030. The summed E-state index contributed by atoms with van der Waals surface area (Å²) in [5.74, 6) is 0. The molecule has 0 radical (unpaired) electrons. The maximum atomic E-state index is 12.6. The second-order valence-corrected chi connectivity index (χ2v) is 7.57. The number of pyridine rings is 1. The summed E-state index contributed by atoms with van der Waals surface area (Å²) < 4.78 is 66.2. The van der Waals surface area contributed by atoms with Crippen molar-refractivity contribution < 1.29 is 21.6 Å². The molecule has 0 spiro atoms. The highest BCUT2D eigenvalue weighted by atomic mass is 32.2. The van der Waals surface area contributed by atoms with Crippen molar-refractivity contribution in [2.24, 2.45) is 7.05 Å². The SMILES string of the molecule is Cn1cc(-c2ccc(CNS(=O)(=O)c3ccc(C(F)(F)F)cc3)cn2)cn1. The molecule has 3 rings (SSSR count). The van der Waals surface area contributed by atoms with Gasteiger partial charge in [-0.2, -0.15) is 18.3 Å². The summed E-state index contributed by atoms with van der Waals surface area (Å²) in [6, 6.07) is 6.77. The lowest BCUT2D eigenvalue weighted by Crippen LogP contribution is -2.23. The summed E-state index contributed by atoms with van der Waals surface area (Å²) in [4.78, 5) is 4.02. The van der Waals surface area contributed by atoms with Crippen LogP contribution in [0.3, 0.4) is 0 Å². The largest absolute Gasteiger partial charge is 0.416 e. The lowest BCUT2D eigenvalue weighted by Gasteiger charge is -2.09. The van der Waals surface area contributed by atoms with Gasteiger partial charge < -0.3 is 0 Å². The second-order valence-electron chi connectivity index (χ2n) is 5.80. The van der Waals surface area contributed by atoms with Gasteiger partial charge in [-0.3, -0.25) is 9.67 Å². The molecule has 3 aromatic rings. The van der Waals surface area contributed by atoms with E-state index in [0.29, 0.717) is 11.3 Å². The van der Waals surface area contributed by atoms with Gasteiger partial charge >= 0.3 is 6.18 Å². The van der Waals surface area contributed by atoms with Crippen LogP contribution < -0.4 is 4.72 Å². The molecule has 1 aromatic carbocycles. The Hall–Kier alpha value is -2.72. The molecule has 1 N–H and O–H groups in total. The minimum absolute atomic E-state index is 0.0380. The van der Waals surface area contributed by atoms with Crippen molar-refractivity contribution in [1.82, 2.24) is 19.5 Å². The average Bonchev–Trinajstić information content (AvgIpc) is 3.06. The zero-order valence-corrected chi connectivity index (χ0v) is 14.9. The molecule has 0 saturated carbocycles. The van der Waals surface area contributed by atoms with Crippen LogP contribution in [0.15, 0.2) is 59.9 Å². The normalized spacial score (nSPS) is 12.3. The van der Waals surface area contributed by atoms with Crippen molar-refractivity contribution in [3.8, 4) is 11.3 Å². The molecule has 0 unspecified atom stereocenters. The van der Waals surface area contributed by atoms with Gasteiger partial charge in [-0.15, -0.1) is 0 Å². The Kier molecular flexibility index (Phi) is 5.03. The van der Waals surface area contributed by atoms with Crippen LogP contribution in [0, 0.1) is 0 Å². The fourth-order valence-electron chi connectivity index (χ4n) is 2.34. The Balaban J connectivity index is 1.68. The smallest absolute Gasteiger partial charge is 0.275 e. The molecule has 0 aliphatic carbocycles. The van der Waals surface area contributed by atoms with Crippen molar-refractivity contribution in [3.05, 3.63) is 66.1 Å². The molecular formula is C17H15F3N4O2S. The number of aromatic nitrogens is 3. The average molecular weight is 396 g/mol. The Morgan fingerprint density at radius 3 is 2.30 bits per heavy atom. The fraction of sp³-hybridized carbons (Fsp3) is 0.176. The number of hydrogen-bond donors (Lipinski definition) is 1. The number of sulfonamides is 1. The van der Waals surface area contributed by atoms with Gasteiger partial charge in [0.2, 0.25) is 10.0 Å². The van der Waals surface area contributed by atoms with Gasteiger partial charge in [0.1, 0.15) is 0 Å². The van der Waals surface area contributed by atoms with E-state index in [9.17, 15) is 21.6 Å². The lowest BCUT2D eigenvalue weighted by atomic mass is 10.2. The monoisotopic (exact) mass is 396 g/mol. The second kappa shape index (κ2) is 7.12. The van der Waals surface area contributed by atoms with Gasteiger partial charge in [-0.1, -0.05) is 6.07 Å². The number of rotatable bonds is 5. The third kappa shape index (κ3) is 4.52. The van der Waals surface area contributed by atoms with Gasteiger partial charge in [-0.25, -0.2) is 13.1 Å². The number of hydrogen-bond acceptors (Lipinski definition) is 4. The summed E-state index contributed by atoms with van der Waals surface area (Å²) in [5, 5.41) is 4.05. The number of nitrogens with zero attached hydrogens (tertiary/aromatic N) is 3. The molecule has 2 heterocycles. The van der Waals surface area contributed by atoms with E-state index in [0.717, 1.165) is 29.8 Å². The van der Waals surface area contributed by atoms with Crippen molar-refractivity contribution in [1.29, 1.82) is 0 Å². The van der Waals surface area contributed by atoms with Crippen LogP contribution >= 0.6 is 0 Å². The highest BCUT2D eigenvalue weighted by Gasteiger charge is 2.30. The summed E-state index contributed by atoms with van der Waals surface area (Å²) in [5.41, 5.74) is 1.22. The molecule has 0 amide bonds. The number of benzene rings is 1. The highest BCUT2D eigenvalue weighted by Crippen LogP contribution is 2.29. The topological polar surface area (TPSA) is 76.9 Å². The number of halogens is 3. The molecule has 0 fully saturated rings. The molecular weight excluding hydrogens is 381 g/mol. The van der Waals surface area contributed by atoms with E-state index in [1.165, 1.54) is 6.20 Å². The van der Waals surface area contributed by atoms with Gasteiger partial charge in [-0.05, 0) is 35.9 Å². The fourth-order valence-corrected chi connectivity index (χ4v) is 3.36.